The molecule has 196 valence electrons. The summed E-state index contributed by atoms with van der Waals surface area (Å²) in [6.45, 7) is 4.39. The molecule has 3 aromatic carbocycles. The van der Waals surface area contributed by atoms with Crippen LogP contribution in [0.5, 0.6) is 17.2 Å². The van der Waals surface area contributed by atoms with Crippen LogP contribution in [0.3, 0.4) is 0 Å². The number of halogens is 1. The molecule has 39 heavy (non-hydrogen) atoms. The number of nitrogens with zero attached hydrogens (tertiary/aromatic N) is 4. The van der Waals surface area contributed by atoms with Gasteiger partial charge in [0.2, 0.25) is 5.91 Å². The highest BCUT2D eigenvalue weighted by atomic mass is 19.1. The van der Waals surface area contributed by atoms with Crippen LogP contribution >= 0.6 is 0 Å². The van der Waals surface area contributed by atoms with Crippen molar-refractivity contribution in [1.29, 1.82) is 5.26 Å². The van der Waals surface area contributed by atoms with Gasteiger partial charge >= 0.3 is 0 Å². The third kappa shape index (κ3) is 4.90. The third-order valence-corrected chi connectivity index (χ3v) is 6.43. The van der Waals surface area contributed by atoms with Gasteiger partial charge in [-0.3, -0.25) is 4.79 Å². The van der Waals surface area contributed by atoms with Gasteiger partial charge in [-0.05, 0) is 35.9 Å². The maximum atomic E-state index is 14.9. The van der Waals surface area contributed by atoms with Crippen LogP contribution in [0.15, 0.2) is 67.5 Å². The maximum Gasteiger partial charge on any atom is 0.246 e. The van der Waals surface area contributed by atoms with E-state index in [2.05, 4.69) is 21.9 Å². The van der Waals surface area contributed by atoms with Gasteiger partial charge in [0.25, 0.3) is 0 Å². The lowest BCUT2D eigenvalue weighted by atomic mass is 10.0. The van der Waals surface area contributed by atoms with Gasteiger partial charge in [-0.15, -0.1) is 0 Å². The molecule has 5 rings (SSSR count). The molecule has 2 heterocycles. The summed E-state index contributed by atoms with van der Waals surface area (Å²) in [7, 11) is 3.07. The summed E-state index contributed by atoms with van der Waals surface area (Å²) >= 11 is 0. The van der Waals surface area contributed by atoms with E-state index in [1.54, 1.807) is 54.5 Å². The highest BCUT2D eigenvalue weighted by Gasteiger charge is 2.31. The number of amides is 1. The molecule has 1 aliphatic heterocycles. The molecule has 4 aromatic rings. The summed E-state index contributed by atoms with van der Waals surface area (Å²) in [5.74, 6) is 1.21. The summed E-state index contributed by atoms with van der Waals surface area (Å²) in [4.78, 5) is 22.2. The molecule has 10 heteroatoms. The van der Waals surface area contributed by atoms with Crippen molar-refractivity contribution in [3.05, 3.63) is 78.9 Å². The Morgan fingerprint density at radius 1 is 1.13 bits per heavy atom. The van der Waals surface area contributed by atoms with Crippen LogP contribution < -0.4 is 19.5 Å². The van der Waals surface area contributed by atoms with E-state index in [9.17, 15) is 14.4 Å². The summed E-state index contributed by atoms with van der Waals surface area (Å²) in [5, 5.41) is 13.2. The SMILES string of the molecule is C=CC(=O)N1CC(Oc2cc3c(Nc4cc(-c5cccc(C#N)c5F)ccc4OC)ncnc3cc2OC)C1. The second-order valence-electron chi connectivity index (χ2n) is 8.75. The predicted octanol–water partition coefficient (Wildman–Crippen LogP) is 4.84. The highest BCUT2D eigenvalue weighted by Crippen LogP contribution is 2.38. The van der Waals surface area contributed by atoms with E-state index >= 15 is 0 Å². The van der Waals surface area contributed by atoms with Crippen molar-refractivity contribution in [3.8, 4) is 34.4 Å². The first-order valence-corrected chi connectivity index (χ1v) is 12.0. The topological polar surface area (TPSA) is 110 Å². The van der Waals surface area contributed by atoms with Gasteiger partial charge < -0.3 is 24.4 Å². The molecule has 1 aromatic heterocycles. The lowest BCUT2D eigenvalue weighted by Gasteiger charge is -2.38. The second kappa shape index (κ2) is 10.7. The van der Waals surface area contributed by atoms with Crippen LogP contribution in [-0.4, -0.2) is 54.2 Å². The van der Waals surface area contributed by atoms with Gasteiger partial charge in [-0.1, -0.05) is 24.8 Å². The number of nitriles is 1. The van der Waals surface area contributed by atoms with Crippen molar-refractivity contribution in [2.45, 2.75) is 6.10 Å². The third-order valence-electron chi connectivity index (χ3n) is 6.43. The van der Waals surface area contributed by atoms with Crippen molar-refractivity contribution in [1.82, 2.24) is 14.9 Å². The summed E-state index contributed by atoms with van der Waals surface area (Å²) < 4.78 is 32.1. The number of nitrogens with one attached hydrogen (secondary N) is 1. The molecular formula is C29H24FN5O4. The quantitative estimate of drug-likeness (QED) is 0.326. The zero-order valence-electron chi connectivity index (χ0n) is 21.3. The zero-order valence-corrected chi connectivity index (χ0v) is 21.3. The van der Waals surface area contributed by atoms with E-state index in [1.165, 1.54) is 25.6 Å². The molecule has 1 aliphatic rings. The van der Waals surface area contributed by atoms with Crippen LogP contribution in [0.25, 0.3) is 22.0 Å². The van der Waals surface area contributed by atoms with Crippen LogP contribution in [-0.2, 0) is 4.79 Å². The Hall–Kier alpha value is -5.17. The molecule has 1 N–H and O–H groups in total. The molecule has 9 nitrogen and oxygen atoms in total. The molecular weight excluding hydrogens is 501 g/mol. The molecule has 1 saturated heterocycles. The molecule has 1 fully saturated rings. The van der Waals surface area contributed by atoms with Gasteiger partial charge in [-0.25, -0.2) is 14.4 Å². The maximum absolute atomic E-state index is 14.9. The Kier molecular flexibility index (Phi) is 6.97. The first-order chi connectivity index (χ1) is 18.9. The number of carbonyl (C=O) groups is 1. The van der Waals surface area contributed by atoms with Gasteiger partial charge in [0.05, 0.1) is 44.1 Å². The molecule has 1 amide bonds. The van der Waals surface area contributed by atoms with Crippen molar-refractivity contribution in [2.24, 2.45) is 0 Å². The van der Waals surface area contributed by atoms with Gasteiger partial charge in [0.15, 0.2) is 11.5 Å². The predicted molar refractivity (Wildman–Crippen MR) is 144 cm³/mol. The minimum atomic E-state index is -0.596. The van der Waals surface area contributed by atoms with E-state index in [0.717, 1.165) is 0 Å². The fraction of sp³-hybridized carbons (Fsp3) is 0.172. The number of likely N-dealkylation sites (tertiary alicyclic amines) is 1. The number of benzene rings is 3. The number of hydrogen-bond acceptors (Lipinski definition) is 8. The van der Waals surface area contributed by atoms with Crippen molar-refractivity contribution >= 4 is 28.3 Å². The molecule has 0 unspecified atom stereocenters. The van der Waals surface area contributed by atoms with Gasteiger partial charge in [-0.2, -0.15) is 5.26 Å². The fourth-order valence-electron chi connectivity index (χ4n) is 4.36. The zero-order chi connectivity index (χ0) is 27.5. The average Bonchev–Trinajstić information content (AvgIpc) is 2.94. The van der Waals surface area contributed by atoms with E-state index in [0.29, 0.717) is 58.3 Å². The minimum absolute atomic E-state index is 0.0375. The molecule has 0 radical (unpaired) electrons. The second-order valence-corrected chi connectivity index (χ2v) is 8.75. The van der Waals surface area contributed by atoms with Crippen LogP contribution in [0.4, 0.5) is 15.9 Å². The van der Waals surface area contributed by atoms with Crippen molar-refractivity contribution in [2.75, 3.05) is 32.6 Å². The van der Waals surface area contributed by atoms with E-state index < -0.39 is 5.82 Å². The van der Waals surface area contributed by atoms with E-state index in [4.69, 9.17) is 14.2 Å². The monoisotopic (exact) mass is 525 g/mol. The van der Waals surface area contributed by atoms with E-state index in [-0.39, 0.29) is 23.1 Å². The number of fused-ring (bicyclic) bond motifs is 1. The standard InChI is InChI=1S/C29H24FN5O4/c1-4-27(36)35-14-19(15-35)39-26-11-21-22(12-25(26)38-3)32-16-33-29(21)34-23-10-17(8-9-24(23)37-2)20-7-5-6-18(13-31)28(20)30/h4-12,16,19H,1,14-15H2,2-3H3,(H,32,33,34). The first kappa shape index (κ1) is 25.5. The minimum Gasteiger partial charge on any atom is -0.495 e. The lowest BCUT2D eigenvalue weighted by Crippen LogP contribution is -2.55. The number of carbonyl (C=O) groups excluding carboxylic acids is 1. The summed E-state index contributed by atoms with van der Waals surface area (Å²) in [6, 6.07) is 15.2. The van der Waals surface area contributed by atoms with Crippen LogP contribution in [0.1, 0.15) is 5.56 Å². The van der Waals surface area contributed by atoms with Crippen LogP contribution in [0.2, 0.25) is 0 Å². The number of aromatic nitrogens is 2. The Bertz CT molecular complexity index is 1630. The number of ether oxygens (including phenoxy) is 3. The number of hydrogen-bond donors (Lipinski definition) is 1. The normalized spacial score (nSPS) is 12.8. The smallest absolute Gasteiger partial charge is 0.246 e. The molecule has 0 spiro atoms. The highest BCUT2D eigenvalue weighted by molar-refractivity contribution is 5.94. The Balaban J connectivity index is 1.50. The fourth-order valence-corrected chi connectivity index (χ4v) is 4.36. The largest absolute Gasteiger partial charge is 0.495 e. The molecule has 0 aliphatic carbocycles. The molecule has 0 atom stereocenters. The molecule has 0 saturated carbocycles. The Morgan fingerprint density at radius 3 is 2.64 bits per heavy atom. The first-order valence-electron chi connectivity index (χ1n) is 12.0. The van der Waals surface area contributed by atoms with Gasteiger partial charge in [0, 0.05) is 17.0 Å². The van der Waals surface area contributed by atoms with Crippen LogP contribution in [0, 0.1) is 17.1 Å². The Labute approximate surface area is 224 Å². The molecule has 0 bridgehead atoms. The number of anilines is 2. The summed E-state index contributed by atoms with van der Waals surface area (Å²) in [6.07, 6.45) is 2.50. The average molecular weight is 526 g/mol. The van der Waals surface area contributed by atoms with E-state index in [1.807, 2.05) is 6.07 Å². The number of methoxy groups -OCH3 is 2. The van der Waals surface area contributed by atoms with Gasteiger partial charge in [0.1, 0.15) is 35.9 Å². The van der Waals surface area contributed by atoms with Crippen molar-refractivity contribution in [3.63, 3.8) is 0 Å². The summed E-state index contributed by atoms with van der Waals surface area (Å²) in [5.41, 5.74) is 1.95. The van der Waals surface area contributed by atoms with Crippen molar-refractivity contribution < 1.29 is 23.4 Å². The number of rotatable bonds is 8. The lowest BCUT2D eigenvalue weighted by molar-refractivity contribution is -0.134. The Morgan fingerprint density at radius 2 is 1.92 bits per heavy atom.